The van der Waals surface area contributed by atoms with Crippen LogP contribution in [0.15, 0.2) is 36.8 Å². The molecule has 0 atom stereocenters. The number of aromatic nitrogens is 3. The minimum atomic E-state index is -0.317. The molecule has 8 heteroatoms. The van der Waals surface area contributed by atoms with Crippen molar-refractivity contribution in [3.8, 4) is 0 Å². The van der Waals surface area contributed by atoms with Gasteiger partial charge in [0, 0.05) is 25.5 Å². The van der Waals surface area contributed by atoms with Gasteiger partial charge in [-0.1, -0.05) is 25.2 Å². The lowest BCUT2D eigenvalue weighted by atomic mass is 10.3. The van der Waals surface area contributed by atoms with E-state index in [1.165, 1.54) is 42.1 Å². The molecule has 0 aliphatic heterocycles. The van der Waals surface area contributed by atoms with Crippen LogP contribution in [0.1, 0.15) is 24.3 Å². The van der Waals surface area contributed by atoms with Crippen molar-refractivity contribution < 1.29 is 9.18 Å². The average molecular weight is 373 g/mol. The van der Waals surface area contributed by atoms with Crippen molar-refractivity contribution in [3.63, 3.8) is 0 Å². The number of carbonyl (C=O) groups is 1. The fraction of sp³-hybridized carbons (Fsp3) is 0.333. The molecule has 6 nitrogen and oxygen atoms in total. The zero-order valence-electron chi connectivity index (χ0n) is 14.7. The summed E-state index contributed by atoms with van der Waals surface area (Å²) >= 11 is 1.30. The Hall–Kier alpha value is -2.45. The van der Waals surface area contributed by atoms with Crippen LogP contribution in [0.2, 0.25) is 0 Å². The smallest absolute Gasteiger partial charge is 0.280 e. The minimum absolute atomic E-state index is 0.259. The normalized spacial score (nSPS) is 11.2. The molecule has 0 radical (unpaired) electrons. The predicted molar refractivity (Wildman–Crippen MR) is 101 cm³/mol. The molecule has 0 fully saturated rings. The Morgan fingerprint density at radius 3 is 2.69 bits per heavy atom. The fourth-order valence-electron chi connectivity index (χ4n) is 2.61. The van der Waals surface area contributed by atoms with Crippen LogP contribution in [-0.4, -0.2) is 51.9 Å². The van der Waals surface area contributed by atoms with Gasteiger partial charge in [0.15, 0.2) is 5.13 Å². The summed E-state index contributed by atoms with van der Waals surface area (Å²) in [5, 5.41) is 0.536. The van der Waals surface area contributed by atoms with Crippen LogP contribution in [0.25, 0.3) is 10.2 Å². The van der Waals surface area contributed by atoms with Crippen molar-refractivity contribution in [1.29, 1.82) is 0 Å². The van der Waals surface area contributed by atoms with Gasteiger partial charge in [-0.15, -0.1) is 0 Å². The van der Waals surface area contributed by atoms with Gasteiger partial charge in [0.25, 0.3) is 5.91 Å². The fourth-order valence-corrected chi connectivity index (χ4v) is 3.63. The lowest BCUT2D eigenvalue weighted by Crippen LogP contribution is -2.39. The molecule has 1 aromatic carbocycles. The monoisotopic (exact) mass is 373 g/mol. The summed E-state index contributed by atoms with van der Waals surface area (Å²) in [4.78, 5) is 29.4. The van der Waals surface area contributed by atoms with E-state index in [4.69, 9.17) is 0 Å². The molecule has 0 saturated heterocycles. The highest BCUT2D eigenvalue weighted by molar-refractivity contribution is 7.22. The van der Waals surface area contributed by atoms with E-state index in [9.17, 15) is 9.18 Å². The van der Waals surface area contributed by atoms with E-state index in [1.807, 2.05) is 0 Å². The molecule has 0 aliphatic rings. The van der Waals surface area contributed by atoms with Gasteiger partial charge in [0.1, 0.15) is 11.5 Å². The third-order valence-electron chi connectivity index (χ3n) is 4.13. The highest BCUT2D eigenvalue weighted by Crippen LogP contribution is 2.30. The lowest BCUT2D eigenvalue weighted by molar-refractivity contribution is 0.0978. The van der Waals surface area contributed by atoms with E-state index in [-0.39, 0.29) is 17.4 Å². The molecule has 0 bridgehead atoms. The zero-order chi connectivity index (χ0) is 18.5. The molecule has 136 valence electrons. The number of hydrogen-bond donors (Lipinski definition) is 0. The Kier molecular flexibility index (Phi) is 5.85. The first kappa shape index (κ1) is 18.3. The van der Waals surface area contributed by atoms with E-state index in [0.29, 0.717) is 28.4 Å². The van der Waals surface area contributed by atoms with Crippen molar-refractivity contribution in [1.82, 2.24) is 19.9 Å². The van der Waals surface area contributed by atoms with E-state index in [0.717, 1.165) is 13.1 Å². The van der Waals surface area contributed by atoms with Crippen LogP contribution < -0.4 is 4.90 Å². The molecular weight excluding hydrogens is 353 g/mol. The molecule has 3 aromatic rings. The second-order valence-corrected chi connectivity index (χ2v) is 6.69. The minimum Gasteiger partial charge on any atom is -0.302 e. The summed E-state index contributed by atoms with van der Waals surface area (Å²) < 4.78 is 14.2. The summed E-state index contributed by atoms with van der Waals surface area (Å²) in [5.74, 6) is -0.576. The Balaban J connectivity index is 1.94. The molecule has 26 heavy (non-hydrogen) atoms. The van der Waals surface area contributed by atoms with Crippen LogP contribution in [0.5, 0.6) is 0 Å². The topological polar surface area (TPSA) is 62.2 Å². The standard InChI is InChI=1S/C18H20FN5OS/c1-3-23(4-2)9-10-24(17(25)15-12-20-7-8-21-15)18-22-14-6-5-13(19)11-16(14)26-18/h5-8,11-12H,3-4,9-10H2,1-2H3. The number of carbonyl (C=O) groups excluding carboxylic acids is 1. The molecule has 0 saturated carbocycles. The second-order valence-electron chi connectivity index (χ2n) is 5.68. The van der Waals surface area contributed by atoms with Crippen molar-refractivity contribution in [2.75, 3.05) is 31.1 Å². The van der Waals surface area contributed by atoms with Crippen LogP contribution in [0.4, 0.5) is 9.52 Å². The largest absolute Gasteiger partial charge is 0.302 e. The molecular formula is C18H20FN5OS. The molecule has 0 aliphatic carbocycles. The predicted octanol–water partition coefficient (Wildman–Crippen LogP) is 3.21. The number of nitrogens with zero attached hydrogens (tertiary/aromatic N) is 5. The molecule has 0 spiro atoms. The summed E-state index contributed by atoms with van der Waals surface area (Å²) in [6, 6.07) is 4.43. The molecule has 0 N–H and O–H groups in total. The first-order valence-electron chi connectivity index (χ1n) is 8.48. The maximum Gasteiger partial charge on any atom is 0.280 e. The molecule has 2 heterocycles. The van der Waals surface area contributed by atoms with Crippen molar-refractivity contribution in [3.05, 3.63) is 48.3 Å². The van der Waals surface area contributed by atoms with Crippen LogP contribution in [0.3, 0.4) is 0 Å². The molecule has 2 aromatic heterocycles. The number of likely N-dealkylation sites (N-methyl/N-ethyl adjacent to an activating group) is 1. The third kappa shape index (κ3) is 4.03. The van der Waals surface area contributed by atoms with Gasteiger partial charge in [-0.3, -0.25) is 14.7 Å². The van der Waals surface area contributed by atoms with Gasteiger partial charge in [0.05, 0.1) is 16.4 Å². The van der Waals surface area contributed by atoms with Gasteiger partial charge >= 0.3 is 0 Å². The SMILES string of the molecule is CCN(CC)CCN(C(=O)c1cnccn1)c1nc2ccc(F)cc2s1. The van der Waals surface area contributed by atoms with Gasteiger partial charge in [0.2, 0.25) is 0 Å². The number of thiazole rings is 1. The van der Waals surface area contributed by atoms with Crippen molar-refractivity contribution in [2.45, 2.75) is 13.8 Å². The quantitative estimate of drug-likeness (QED) is 0.636. The first-order valence-corrected chi connectivity index (χ1v) is 9.30. The Labute approximate surface area is 155 Å². The van der Waals surface area contributed by atoms with Gasteiger partial charge in [-0.25, -0.2) is 14.4 Å². The van der Waals surface area contributed by atoms with E-state index < -0.39 is 0 Å². The highest BCUT2D eigenvalue weighted by Gasteiger charge is 2.23. The number of fused-ring (bicyclic) bond motifs is 1. The molecule has 3 rings (SSSR count). The molecule has 0 unspecified atom stereocenters. The second kappa shape index (κ2) is 8.29. The van der Waals surface area contributed by atoms with Crippen LogP contribution >= 0.6 is 11.3 Å². The number of hydrogen-bond acceptors (Lipinski definition) is 6. The summed E-state index contributed by atoms with van der Waals surface area (Å²) in [5.41, 5.74) is 0.934. The van der Waals surface area contributed by atoms with Crippen molar-refractivity contribution >= 4 is 32.6 Å². The van der Waals surface area contributed by atoms with Gasteiger partial charge in [-0.2, -0.15) is 0 Å². The Morgan fingerprint density at radius 2 is 2.00 bits per heavy atom. The van der Waals surface area contributed by atoms with E-state index >= 15 is 0 Å². The summed E-state index contributed by atoms with van der Waals surface area (Å²) in [6.07, 6.45) is 4.46. The van der Waals surface area contributed by atoms with Gasteiger partial charge in [-0.05, 0) is 31.3 Å². The molecule has 1 amide bonds. The number of rotatable bonds is 7. The summed E-state index contributed by atoms with van der Waals surface area (Å²) in [7, 11) is 0. The Morgan fingerprint density at radius 1 is 1.19 bits per heavy atom. The maximum absolute atomic E-state index is 13.5. The maximum atomic E-state index is 13.5. The number of amides is 1. The van der Waals surface area contributed by atoms with Gasteiger partial charge < -0.3 is 4.90 Å². The van der Waals surface area contributed by atoms with Crippen molar-refractivity contribution in [2.24, 2.45) is 0 Å². The van der Waals surface area contributed by atoms with E-state index in [1.54, 1.807) is 11.0 Å². The Bertz CT molecular complexity index is 882. The number of anilines is 1. The lowest BCUT2D eigenvalue weighted by Gasteiger charge is -2.24. The van der Waals surface area contributed by atoms with E-state index in [2.05, 4.69) is 33.7 Å². The van der Waals surface area contributed by atoms with Crippen LogP contribution in [0, 0.1) is 5.82 Å². The first-order chi connectivity index (χ1) is 12.6. The van der Waals surface area contributed by atoms with Crippen LogP contribution in [-0.2, 0) is 0 Å². The summed E-state index contributed by atoms with van der Waals surface area (Å²) in [6.45, 7) is 7.14. The number of halogens is 1. The average Bonchev–Trinajstić information content (AvgIpc) is 3.08. The third-order valence-corrected chi connectivity index (χ3v) is 5.17. The number of benzene rings is 1. The zero-order valence-corrected chi connectivity index (χ0v) is 15.5. The highest BCUT2D eigenvalue weighted by atomic mass is 32.1.